The van der Waals surface area contributed by atoms with Gasteiger partial charge in [0.25, 0.3) is 0 Å². The van der Waals surface area contributed by atoms with E-state index in [0.29, 0.717) is 22.9 Å². The van der Waals surface area contributed by atoms with Crippen LogP contribution < -0.4 is 4.90 Å². The third-order valence-electron chi connectivity index (χ3n) is 4.87. The van der Waals surface area contributed by atoms with E-state index in [2.05, 4.69) is 15.0 Å². The molecule has 0 amide bonds. The second-order valence-electron chi connectivity index (χ2n) is 6.77. The van der Waals surface area contributed by atoms with Crippen LogP contribution in [0.4, 0.5) is 5.82 Å². The Morgan fingerprint density at radius 1 is 1.15 bits per heavy atom. The van der Waals surface area contributed by atoms with Crippen LogP contribution in [0.5, 0.6) is 0 Å². The summed E-state index contributed by atoms with van der Waals surface area (Å²) in [6, 6.07) is 0. The van der Waals surface area contributed by atoms with Gasteiger partial charge in [-0.25, -0.2) is 15.0 Å². The highest BCUT2D eigenvalue weighted by Gasteiger charge is 2.44. The normalized spacial score (nSPS) is 25.4. The summed E-state index contributed by atoms with van der Waals surface area (Å²) in [5.41, 5.74) is 1.10. The molecule has 0 radical (unpaired) electrons. The van der Waals surface area contributed by atoms with E-state index in [0.717, 1.165) is 32.2 Å². The Balaban J connectivity index is 1.77. The first-order valence-corrected chi connectivity index (χ1v) is 9.69. The van der Waals surface area contributed by atoms with Gasteiger partial charge in [0.15, 0.2) is 23.2 Å². The number of unbranched alkanes of at least 4 members (excludes halogenated alkanes) is 3. The number of imidazole rings is 1. The summed E-state index contributed by atoms with van der Waals surface area (Å²) in [7, 11) is 1.95. The number of anilines is 1. The number of fused-ring (bicyclic) bond motifs is 1. The molecule has 9 nitrogen and oxygen atoms in total. The minimum absolute atomic E-state index is 0.381. The summed E-state index contributed by atoms with van der Waals surface area (Å²) in [5.74, 6) is 1.39. The quantitative estimate of drug-likeness (QED) is 0.416. The summed E-state index contributed by atoms with van der Waals surface area (Å²) >= 11 is 5.70. The van der Waals surface area contributed by atoms with E-state index in [1.165, 1.54) is 12.7 Å². The van der Waals surface area contributed by atoms with Gasteiger partial charge in [0.1, 0.15) is 24.6 Å². The van der Waals surface area contributed by atoms with Crippen LogP contribution in [0.2, 0.25) is 0 Å². The van der Waals surface area contributed by atoms with Crippen molar-refractivity contribution in [1.82, 2.24) is 19.5 Å². The number of rotatable bonds is 9. The molecule has 1 fully saturated rings. The van der Waals surface area contributed by atoms with Crippen molar-refractivity contribution in [2.45, 2.75) is 50.2 Å². The number of hydrogen-bond donors (Lipinski definition) is 3. The molecule has 0 spiro atoms. The molecule has 10 heteroatoms. The molecule has 1 aliphatic rings. The molecular weight excluding hydrogens is 374 g/mol. The molecule has 150 valence electrons. The second-order valence-corrected chi connectivity index (χ2v) is 7.15. The highest BCUT2D eigenvalue weighted by atomic mass is 35.5. The lowest BCUT2D eigenvalue weighted by Gasteiger charge is -2.19. The third-order valence-corrected chi connectivity index (χ3v) is 5.14. The van der Waals surface area contributed by atoms with E-state index in [-0.39, 0.29) is 6.61 Å². The first-order chi connectivity index (χ1) is 13.1. The molecule has 0 unspecified atom stereocenters. The molecule has 0 saturated carbocycles. The molecule has 3 heterocycles. The average Bonchev–Trinajstić information content (AvgIpc) is 3.22. The van der Waals surface area contributed by atoms with E-state index in [9.17, 15) is 15.3 Å². The van der Waals surface area contributed by atoms with E-state index in [4.69, 9.17) is 16.3 Å². The number of aliphatic hydroxyl groups is 3. The zero-order valence-electron chi connectivity index (χ0n) is 15.3. The molecule has 1 saturated heterocycles. The van der Waals surface area contributed by atoms with Gasteiger partial charge in [0.05, 0.1) is 12.9 Å². The van der Waals surface area contributed by atoms with Crippen molar-refractivity contribution in [2.24, 2.45) is 0 Å². The maximum Gasteiger partial charge on any atom is 0.167 e. The van der Waals surface area contributed by atoms with Crippen molar-refractivity contribution in [2.75, 3.05) is 31.0 Å². The van der Waals surface area contributed by atoms with Gasteiger partial charge in [-0.1, -0.05) is 12.8 Å². The zero-order valence-corrected chi connectivity index (χ0v) is 16.0. The molecule has 0 aliphatic carbocycles. The number of alkyl halides is 1. The van der Waals surface area contributed by atoms with Gasteiger partial charge in [-0.15, -0.1) is 11.6 Å². The number of halogens is 1. The van der Waals surface area contributed by atoms with Crippen molar-refractivity contribution < 1.29 is 20.1 Å². The number of ether oxygens (including phenoxy) is 1. The Hall–Kier alpha value is -1.52. The number of aliphatic hydroxyl groups excluding tert-OH is 3. The fraction of sp³-hybridized carbons (Fsp3) is 0.706. The monoisotopic (exact) mass is 399 g/mol. The number of nitrogens with zero attached hydrogens (tertiary/aromatic N) is 5. The first-order valence-electron chi connectivity index (χ1n) is 9.15. The molecule has 2 aromatic heterocycles. The van der Waals surface area contributed by atoms with Crippen molar-refractivity contribution in [1.29, 1.82) is 0 Å². The number of aromatic nitrogens is 4. The predicted molar refractivity (Wildman–Crippen MR) is 101 cm³/mol. The van der Waals surface area contributed by atoms with Gasteiger partial charge in [0.2, 0.25) is 0 Å². The van der Waals surface area contributed by atoms with Crippen LogP contribution >= 0.6 is 11.6 Å². The third kappa shape index (κ3) is 4.17. The lowest BCUT2D eigenvalue weighted by molar-refractivity contribution is -0.0511. The van der Waals surface area contributed by atoms with Gasteiger partial charge in [-0.05, 0) is 12.8 Å². The highest BCUT2D eigenvalue weighted by molar-refractivity contribution is 6.17. The Kier molecular flexibility index (Phi) is 6.83. The second kappa shape index (κ2) is 9.11. The van der Waals surface area contributed by atoms with Gasteiger partial charge in [-0.3, -0.25) is 4.57 Å². The molecular formula is C17H26ClN5O4. The molecule has 4 atom stereocenters. The lowest BCUT2D eigenvalue weighted by Crippen LogP contribution is -2.33. The summed E-state index contributed by atoms with van der Waals surface area (Å²) in [5, 5.41) is 29.5. The maximum atomic E-state index is 10.3. The van der Waals surface area contributed by atoms with Gasteiger partial charge in [-0.2, -0.15) is 0 Å². The maximum absolute atomic E-state index is 10.3. The smallest absolute Gasteiger partial charge is 0.167 e. The molecule has 3 rings (SSSR count). The predicted octanol–water partition coefficient (Wildman–Crippen LogP) is 0.673. The van der Waals surface area contributed by atoms with Crippen molar-refractivity contribution >= 4 is 28.6 Å². The van der Waals surface area contributed by atoms with Crippen LogP contribution in [0.15, 0.2) is 12.7 Å². The minimum atomic E-state index is -1.18. The molecule has 1 aliphatic heterocycles. The standard InChI is InChI=1S/C17H26ClN5O4/c1-22(7-5-3-2-4-6-18)15-12-16(20-9-19-15)23(10-21-12)17-14(26)13(25)11(8-24)27-17/h9-11,13-14,17,24-26H,2-8H2,1H3/t11-,13-,14-,17-/m1/s1. The fourth-order valence-electron chi connectivity index (χ4n) is 3.32. The van der Waals surface area contributed by atoms with E-state index < -0.39 is 24.5 Å². The highest BCUT2D eigenvalue weighted by Crippen LogP contribution is 2.32. The molecule has 27 heavy (non-hydrogen) atoms. The van der Waals surface area contributed by atoms with Crippen LogP contribution in [0.25, 0.3) is 11.2 Å². The van der Waals surface area contributed by atoms with Gasteiger partial charge < -0.3 is 25.0 Å². The average molecular weight is 400 g/mol. The van der Waals surface area contributed by atoms with Crippen molar-refractivity contribution in [3.8, 4) is 0 Å². The van der Waals surface area contributed by atoms with Crippen LogP contribution in [-0.2, 0) is 4.74 Å². The zero-order chi connectivity index (χ0) is 19.4. The van der Waals surface area contributed by atoms with Gasteiger partial charge >= 0.3 is 0 Å². The molecule has 2 aromatic rings. The van der Waals surface area contributed by atoms with Crippen LogP contribution in [-0.4, -0.2) is 79.2 Å². The Bertz CT molecular complexity index is 745. The van der Waals surface area contributed by atoms with E-state index >= 15 is 0 Å². The minimum Gasteiger partial charge on any atom is -0.394 e. The molecule has 0 aromatic carbocycles. The Morgan fingerprint density at radius 3 is 2.63 bits per heavy atom. The summed E-state index contributed by atoms with van der Waals surface area (Å²) in [4.78, 5) is 15.0. The summed E-state index contributed by atoms with van der Waals surface area (Å²) < 4.78 is 7.15. The van der Waals surface area contributed by atoms with Crippen LogP contribution in [0, 0.1) is 0 Å². The first kappa shape index (κ1) is 20.2. The fourth-order valence-corrected chi connectivity index (χ4v) is 3.51. The summed E-state index contributed by atoms with van der Waals surface area (Å²) in [6.07, 6.45) is 3.14. The van der Waals surface area contributed by atoms with Gasteiger partial charge in [0, 0.05) is 19.5 Å². The van der Waals surface area contributed by atoms with E-state index in [1.54, 1.807) is 4.57 Å². The largest absolute Gasteiger partial charge is 0.394 e. The Morgan fingerprint density at radius 2 is 1.93 bits per heavy atom. The van der Waals surface area contributed by atoms with Crippen molar-refractivity contribution in [3.63, 3.8) is 0 Å². The molecule has 3 N–H and O–H groups in total. The van der Waals surface area contributed by atoms with Crippen LogP contribution in [0.1, 0.15) is 31.9 Å². The van der Waals surface area contributed by atoms with Crippen LogP contribution in [0.3, 0.4) is 0 Å². The lowest BCUT2D eigenvalue weighted by atomic mass is 10.1. The molecule has 0 bridgehead atoms. The topological polar surface area (TPSA) is 117 Å². The SMILES string of the molecule is CN(CCCCCCCl)c1ncnc2c1ncn2[C@@H]1O[C@H](CO)[C@@H](O)[C@H]1O. The number of hydrogen-bond acceptors (Lipinski definition) is 8. The van der Waals surface area contributed by atoms with E-state index in [1.807, 2.05) is 11.9 Å². The Labute approximate surface area is 162 Å². The summed E-state index contributed by atoms with van der Waals surface area (Å²) in [6.45, 7) is 0.448. The van der Waals surface area contributed by atoms with Crippen molar-refractivity contribution in [3.05, 3.63) is 12.7 Å².